The largest absolute Gasteiger partial charge is 0.457 e. The lowest BCUT2D eigenvalue weighted by atomic mass is 10.1. The van der Waals surface area contributed by atoms with Crippen molar-refractivity contribution >= 4 is 34.8 Å². The van der Waals surface area contributed by atoms with Crippen molar-refractivity contribution in [1.82, 2.24) is 5.32 Å². The maximum atomic E-state index is 12.9. The Hall–Kier alpha value is -3.43. The fourth-order valence-electron chi connectivity index (χ4n) is 2.84. The molecule has 5 nitrogen and oxygen atoms in total. The number of hydrogen-bond donors (Lipinski definition) is 1. The summed E-state index contributed by atoms with van der Waals surface area (Å²) in [6, 6.07) is 16.3. The Balaban J connectivity index is 1.74. The third-order valence-electron chi connectivity index (χ3n) is 4.40. The average molecular weight is 419 g/mol. The molecule has 0 aromatic heterocycles. The molecule has 0 spiro atoms. The molecule has 2 aromatic carbocycles. The zero-order valence-corrected chi connectivity index (χ0v) is 17.5. The fraction of sp³-hybridized carbons (Fsp3) is 0.208. The molecular formula is C24H22N2O3S. The minimum absolute atomic E-state index is 0.0313. The Morgan fingerprint density at radius 2 is 1.73 bits per heavy atom. The third kappa shape index (κ3) is 5.34. The van der Waals surface area contributed by atoms with Crippen LogP contribution < -0.4 is 15.0 Å². The van der Waals surface area contributed by atoms with Gasteiger partial charge in [0.1, 0.15) is 17.1 Å². The standard InChI is InChI=1S/C24H22N2O3S/c1-2-3-4-5-6-10-13-21-22(27)25-24(30)26(23(21)28)18-14-16-20(17-15-18)29-19-11-8-7-9-12-19/h7-9,11-17H,2-5H2,1H3,(H,25,27,30)/b21-13+. The Bertz CT molecular complexity index is 1020. The molecule has 0 saturated carbocycles. The van der Waals surface area contributed by atoms with E-state index in [4.69, 9.17) is 17.0 Å². The predicted molar refractivity (Wildman–Crippen MR) is 121 cm³/mol. The highest BCUT2D eigenvalue weighted by atomic mass is 32.1. The van der Waals surface area contributed by atoms with E-state index in [0.717, 1.165) is 25.7 Å². The van der Waals surface area contributed by atoms with Crippen LogP contribution in [0.5, 0.6) is 11.5 Å². The number of rotatable bonds is 6. The molecule has 30 heavy (non-hydrogen) atoms. The van der Waals surface area contributed by atoms with Crippen molar-refractivity contribution in [1.29, 1.82) is 0 Å². The quantitative estimate of drug-likeness (QED) is 0.242. The van der Waals surface area contributed by atoms with E-state index in [1.807, 2.05) is 30.3 Å². The lowest BCUT2D eigenvalue weighted by Crippen LogP contribution is -2.54. The van der Waals surface area contributed by atoms with Gasteiger partial charge in [0.05, 0.1) is 5.69 Å². The van der Waals surface area contributed by atoms with E-state index >= 15 is 0 Å². The first kappa shape index (κ1) is 21.3. The van der Waals surface area contributed by atoms with Crippen molar-refractivity contribution in [3.05, 3.63) is 66.2 Å². The molecule has 1 aliphatic heterocycles. The summed E-state index contributed by atoms with van der Waals surface area (Å²) in [6.45, 7) is 2.12. The van der Waals surface area contributed by atoms with E-state index in [1.165, 1.54) is 11.0 Å². The molecule has 1 heterocycles. The van der Waals surface area contributed by atoms with Crippen molar-refractivity contribution in [2.45, 2.75) is 32.6 Å². The SMILES string of the molecule is CCCCCC#C/C=C1\C(=O)NC(=S)N(c2ccc(Oc3ccccc3)cc2)C1=O. The summed E-state index contributed by atoms with van der Waals surface area (Å²) in [6.07, 6.45) is 5.33. The average Bonchev–Trinajstić information content (AvgIpc) is 2.74. The molecular weight excluding hydrogens is 396 g/mol. The number of carbonyl (C=O) groups is 2. The fourth-order valence-corrected chi connectivity index (χ4v) is 3.12. The van der Waals surface area contributed by atoms with Crippen LogP contribution in [0.1, 0.15) is 32.6 Å². The van der Waals surface area contributed by atoms with Crippen LogP contribution in [-0.2, 0) is 9.59 Å². The molecule has 0 bridgehead atoms. The van der Waals surface area contributed by atoms with Crippen LogP contribution in [0.3, 0.4) is 0 Å². The van der Waals surface area contributed by atoms with Crippen molar-refractivity contribution in [2.24, 2.45) is 0 Å². The second-order valence-electron chi connectivity index (χ2n) is 6.65. The monoisotopic (exact) mass is 418 g/mol. The normalized spacial score (nSPS) is 14.9. The predicted octanol–water partition coefficient (Wildman–Crippen LogP) is 4.74. The number of hydrogen-bond acceptors (Lipinski definition) is 4. The molecule has 2 amide bonds. The first-order valence-electron chi connectivity index (χ1n) is 9.81. The number of carbonyl (C=O) groups excluding carboxylic acids is 2. The first-order chi connectivity index (χ1) is 14.6. The number of benzene rings is 2. The number of nitrogens with zero attached hydrogens (tertiary/aromatic N) is 1. The van der Waals surface area contributed by atoms with E-state index in [2.05, 4.69) is 24.1 Å². The Kier molecular flexibility index (Phi) is 7.36. The molecule has 1 saturated heterocycles. The maximum absolute atomic E-state index is 12.9. The highest BCUT2D eigenvalue weighted by Crippen LogP contribution is 2.26. The van der Waals surface area contributed by atoms with Crippen LogP contribution in [0.25, 0.3) is 0 Å². The van der Waals surface area contributed by atoms with E-state index in [-0.39, 0.29) is 10.7 Å². The topological polar surface area (TPSA) is 58.6 Å². The number of ether oxygens (including phenoxy) is 1. The maximum Gasteiger partial charge on any atom is 0.270 e. The van der Waals surface area contributed by atoms with Gasteiger partial charge in [0.2, 0.25) is 0 Å². The van der Waals surface area contributed by atoms with Crippen molar-refractivity contribution < 1.29 is 14.3 Å². The van der Waals surface area contributed by atoms with Gasteiger partial charge in [-0.3, -0.25) is 19.8 Å². The molecule has 152 valence electrons. The summed E-state index contributed by atoms with van der Waals surface area (Å²) in [7, 11) is 0. The second kappa shape index (κ2) is 10.4. The van der Waals surface area contributed by atoms with Crippen LogP contribution in [0, 0.1) is 11.8 Å². The molecule has 1 N–H and O–H groups in total. The summed E-state index contributed by atoms with van der Waals surface area (Å²) >= 11 is 5.22. The molecule has 0 atom stereocenters. The van der Waals surface area contributed by atoms with Gasteiger partial charge in [0, 0.05) is 12.5 Å². The molecule has 1 aliphatic rings. The molecule has 0 aliphatic carbocycles. The number of anilines is 1. The van der Waals surface area contributed by atoms with Gasteiger partial charge in [-0.25, -0.2) is 0 Å². The number of unbranched alkanes of at least 4 members (excludes halogenated alkanes) is 3. The summed E-state index contributed by atoms with van der Waals surface area (Å²) in [5.41, 5.74) is 0.503. The highest BCUT2D eigenvalue weighted by Gasteiger charge is 2.34. The number of nitrogens with one attached hydrogen (secondary N) is 1. The van der Waals surface area contributed by atoms with Crippen LogP contribution in [0.2, 0.25) is 0 Å². The summed E-state index contributed by atoms with van der Waals surface area (Å²) in [5, 5.41) is 2.59. The van der Waals surface area contributed by atoms with Crippen LogP contribution in [-0.4, -0.2) is 16.9 Å². The lowest BCUT2D eigenvalue weighted by molar-refractivity contribution is -0.122. The van der Waals surface area contributed by atoms with Gasteiger partial charge in [-0.1, -0.05) is 49.8 Å². The Labute approximate surface area is 181 Å². The third-order valence-corrected chi connectivity index (χ3v) is 4.68. The zero-order valence-electron chi connectivity index (χ0n) is 16.7. The van der Waals surface area contributed by atoms with Crippen LogP contribution >= 0.6 is 12.2 Å². The number of para-hydroxylation sites is 1. The van der Waals surface area contributed by atoms with E-state index < -0.39 is 11.8 Å². The van der Waals surface area contributed by atoms with Gasteiger partial charge in [0.25, 0.3) is 11.8 Å². The van der Waals surface area contributed by atoms with Crippen molar-refractivity contribution in [2.75, 3.05) is 4.90 Å². The van der Waals surface area contributed by atoms with Crippen molar-refractivity contribution in [3.63, 3.8) is 0 Å². The number of allylic oxidation sites excluding steroid dienone is 1. The highest BCUT2D eigenvalue weighted by molar-refractivity contribution is 7.80. The van der Waals surface area contributed by atoms with E-state index in [9.17, 15) is 9.59 Å². The van der Waals surface area contributed by atoms with Gasteiger partial charge in [-0.2, -0.15) is 0 Å². The second-order valence-corrected chi connectivity index (χ2v) is 7.03. The van der Waals surface area contributed by atoms with Gasteiger partial charge in [0.15, 0.2) is 5.11 Å². The number of amides is 2. The first-order valence-corrected chi connectivity index (χ1v) is 10.2. The summed E-state index contributed by atoms with van der Waals surface area (Å²) < 4.78 is 5.77. The summed E-state index contributed by atoms with van der Waals surface area (Å²) in [5.74, 6) is 6.10. The Morgan fingerprint density at radius 1 is 1.03 bits per heavy atom. The Morgan fingerprint density at radius 3 is 2.43 bits per heavy atom. The molecule has 0 radical (unpaired) electrons. The van der Waals surface area contributed by atoms with E-state index in [0.29, 0.717) is 17.2 Å². The summed E-state index contributed by atoms with van der Waals surface area (Å²) in [4.78, 5) is 26.4. The van der Waals surface area contributed by atoms with Gasteiger partial charge in [-0.05, 0) is 55.0 Å². The van der Waals surface area contributed by atoms with Crippen molar-refractivity contribution in [3.8, 4) is 23.3 Å². The molecule has 1 fully saturated rings. The van der Waals surface area contributed by atoms with Gasteiger partial charge < -0.3 is 4.74 Å². The molecule has 2 aromatic rings. The molecule has 0 unspecified atom stereocenters. The van der Waals surface area contributed by atoms with Gasteiger partial charge >= 0.3 is 0 Å². The van der Waals surface area contributed by atoms with E-state index in [1.54, 1.807) is 24.3 Å². The smallest absolute Gasteiger partial charge is 0.270 e. The lowest BCUT2D eigenvalue weighted by Gasteiger charge is -2.28. The van der Waals surface area contributed by atoms with Crippen LogP contribution in [0.15, 0.2) is 66.2 Å². The van der Waals surface area contributed by atoms with Gasteiger partial charge in [-0.15, -0.1) is 0 Å². The zero-order chi connectivity index (χ0) is 21.3. The van der Waals surface area contributed by atoms with Crippen LogP contribution in [0.4, 0.5) is 5.69 Å². The molecule has 6 heteroatoms. The molecule has 3 rings (SSSR count). The number of thiocarbonyl (C=S) groups is 1. The minimum atomic E-state index is -0.534. The minimum Gasteiger partial charge on any atom is -0.457 e.